The molecule has 144 valence electrons. The Morgan fingerprint density at radius 1 is 0.929 bits per heavy atom. The van der Waals surface area contributed by atoms with Gasteiger partial charge in [-0.25, -0.2) is 4.39 Å². The van der Waals surface area contributed by atoms with E-state index in [0.29, 0.717) is 10.8 Å². The number of hydrogen-bond donors (Lipinski definition) is 1. The summed E-state index contributed by atoms with van der Waals surface area (Å²) < 4.78 is 13.2. The Hall–Kier alpha value is -2.01. The molecule has 0 fully saturated rings. The molecule has 0 aliphatic carbocycles. The largest absolute Gasteiger partial charge is 0.356 e. The molecule has 4 rings (SSSR count). The normalized spacial score (nSPS) is 18.1. The first-order valence-electron chi connectivity index (χ1n) is 8.71. The van der Waals surface area contributed by atoms with Crippen LogP contribution in [-0.4, -0.2) is 5.17 Å². The highest BCUT2D eigenvalue weighted by molar-refractivity contribution is 8.13. The number of hydrogen-bond acceptors (Lipinski definition) is 3. The highest BCUT2D eigenvalue weighted by atomic mass is 35.5. The number of nitrogens with one attached hydrogen (secondary N) is 1. The third-order valence-corrected chi connectivity index (χ3v) is 5.83. The van der Waals surface area contributed by atoms with Gasteiger partial charge in [0, 0.05) is 10.8 Å². The zero-order valence-corrected chi connectivity index (χ0v) is 17.3. The summed E-state index contributed by atoms with van der Waals surface area (Å²) in [6, 6.07) is 25.3. The smallest absolute Gasteiger partial charge is 0.158 e. The number of rotatable bonds is 4. The van der Waals surface area contributed by atoms with Crippen molar-refractivity contribution in [2.75, 3.05) is 0 Å². The second-order valence-electron chi connectivity index (χ2n) is 6.35. The summed E-state index contributed by atoms with van der Waals surface area (Å²) >= 11 is 7.74. The summed E-state index contributed by atoms with van der Waals surface area (Å²) in [5.74, 6) is 0.312. The maximum absolute atomic E-state index is 13.2. The van der Waals surface area contributed by atoms with Crippen LogP contribution in [0.3, 0.4) is 0 Å². The Kier molecular flexibility index (Phi) is 7.00. The van der Waals surface area contributed by atoms with Crippen molar-refractivity contribution in [1.82, 2.24) is 5.32 Å². The van der Waals surface area contributed by atoms with Gasteiger partial charge in [-0.05, 0) is 28.8 Å². The Labute approximate surface area is 179 Å². The van der Waals surface area contributed by atoms with Crippen molar-refractivity contribution in [3.8, 4) is 0 Å². The minimum absolute atomic E-state index is 0. The minimum atomic E-state index is -0.321. The maximum atomic E-state index is 13.2. The van der Waals surface area contributed by atoms with Crippen LogP contribution in [0.5, 0.6) is 0 Å². The van der Waals surface area contributed by atoms with Crippen molar-refractivity contribution in [1.29, 1.82) is 0 Å². The zero-order valence-electron chi connectivity index (χ0n) is 14.9. The standard InChI is InChI=1S/C22H18ClFN2S.ClH/c23-19-13-18(24)12-11-17(19)14-27-22-25-20(15-7-3-1-4-8-15)21(26-22)16-9-5-2-6-10-16;/h1-13,20-21H,14H2,(H,25,26);1H/t20-,21+;. The summed E-state index contributed by atoms with van der Waals surface area (Å²) in [5, 5.41) is 4.87. The number of benzene rings is 3. The van der Waals surface area contributed by atoms with Crippen LogP contribution in [0.1, 0.15) is 28.8 Å². The second-order valence-corrected chi connectivity index (χ2v) is 7.72. The van der Waals surface area contributed by atoms with Crippen LogP contribution < -0.4 is 5.32 Å². The Morgan fingerprint density at radius 3 is 2.21 bits per heavy atom. The lowest BCUT2D eigenvalue weighted by Gasteiger charge is -2.19. The predicted octanol–water partition coefficient (Wildman–Crippen LogP) is 6.58. The van der Waals surface area contributed by atoms with Crippen molar-refractivity contribution in [3.05, 3.63) is 106 Å². The van der Waals surface area contributed by atoms with E-state index in [9.17, 15) is 4.39 Å². The lowest BCUT2D eigenvalue weighted by Crippen LogP contribution is -2.22. The SMILES string of the molecule is Cl.Fc1ccc(CSC2=N[C@H](c3ccccc3)[C@H](c3ccccc3)N2)c(Cl)c1. The molecule has 2 atom stereocenters. The van der Waals surface area contributed by atoms with Crippen molar-refractivity contribution in [2.45, 2.75) is 17.8 Å². The highest BCUT2D eigenvalue weighted by Crippen LogP contribution is 2.38. The molecule has 3 aromatic carbocycles. The van der Waals surface area contributed by atoms with E-state index >= 15 is 0 Å². The van der Waals surface area contributed by atoms with Crippen molar-refractivity contribution >= 4 is 40.9 Å². The van der Waals surface area contributed by atoms with Crippen LogP contribution in [0.4, 0.5) is 4.39 Å². The van der Waals surface area contributed by atoms with Gasteiger partial charge in [0.2, 0.25) is 0 Å². The third-order valence-electron chi connectivity index (χ3n) is 4.53. The van der Waals surface area contributed by atoms with Crippen LogP contribution in [0.2, 0.25) is 5.02 Å². The molecule has 1 aliphatic heterocycles. The van der Waals surface area contributed by atoms with Gasteiger partial charge in [0.25, 0.3) is 0 Å². The molecule has 3 aromatic rings. The first kappa shape index (κ1) is 20.7. The van der Waals surface area contributed by atoms with Crippen LogP contribution >= 0.6 is 35.8 Å². The predicted molar refractivity (Wildman–Crippen MR) is 119 cm³/mol. The van der Waals surface area contributed by atoms with Gasteiger partial charge in [-0.15, -0.1) is 12.4 Å². The van der Waals surface area contributed by atoms with E-state index in [1.165, 1.54) is 23.3 Å². The van der Waals surface area contributed by atoms with Gasteiger partial charge in [0.05, 0.1) is 6.04 Å². The Bertz CT molecular complexity index is 951. The molecule has 0 amide bonds. The fourth-order valence-corrected chi connectivity index (χ4v) is 4.41. The van der Waals surface area contributed by atoms with E-state index < -0.39 is 0 Å². The molecule has 1 N–H and O–H groups in total. The lowest BCUT2D eigenvalue weighted by atomic mass is 9.95. The average Bonchev–Trinajstić information content (AvgIpc) is 3.13. The van der Waals surface area contributed by atoms with E-state index in [1.54, 1.807) is 17.8 Å². The van der Waals surface area contributed by atoms with E-state index in [0.717, 1.165) is 10.7 Å². The van der Waals surface area contributed by atoms with Crippen molar-refractivity contribution in [3.63, 3.8) is 0 Å². The molecule has 28 heavy (non-hydrogen) atoms. The van der Waals surface area contributed by atoms with Crippen LogP contribution in [-0.2, 0) is 5.75 Å². The van der Waals surface area contributed by atoms with E-state index in [4.69, 9.17) is 16.6 Å². The summed E-state index contributed by atoms with van der Waals surface area (Å²) in [4.78, 5) is 4.93. The molecule has 1 heterocycles. The molecule has 0 aromatic heterocycles. The van der Waals surface area contributed by atoms with Gasteiger partial charge in [0.15, 0.2) is 5.17 Å². The van der Waals surface area contributed by atoms with Gasteiger partial charge >= 0.3 is 0 Å². The zero-order chi connectivity index (χ0) is 18.6. The molecule has 0 saturated heterocycles. The number of aliphatic imine (C=N–C) groups is 1. The van der Waals surface area contributed by atoms with Crippen LogP contribution in [0.15, 0.2) is 83.9 Å². The second kappa shape index (κ2) is 9.46. The van der Waals surface area contributed by atoms with Gasteiger partial charge in [-0.3, -0.25) is 4.99 Å². The topological polar surface area (TPSA) is 24.4 Å². The third kappa shape index (κ3) is 4.69. The molecule has 1 aliphatic rings. The fraction of sp³-hybridized carbons (Fsp3) is 0.136. The van der Waals surface area contributed by atoms with Gasteiger partial charge in [-0.1, -0.05) is 90.1 Å². The highest BCUT2D eigenvalue weighted by Gasteiger charge is 2.31. The lowest BCUT2D eigenvalue weighted by molar-refractivity contribution is 0.573. The molecule has 0 bridgehead atoms. The fourth-order valence-electron chi connectivity index (χ4n) is 3.16. The first-order valence-corrected chi connectivity index (χ1v) is 10.1. The number of amidine groups is 1. The van der Waals surface area contributed by atoms with Gasteiger partial charge in [-0.2, -0.15) is 0 Å². The first-order chi connectivity index (χ1) is 13.2. The number of thioether (sulfide) groups is 1. The van der Waals surface area contributed by atoms with Gasteiger partial charge < -0.3 is 5.32 Å². The molecule has 2 nitrogen and oxygen atoms in total. The molecule has 0 radical (unpaired) electrons. The van der Waals surface area contributed by atoms with E-state index in [2.05, 4.69) is 29.6 Å². The minimum Gasteiger partial charge on any atom is -0.356 e. The molecule has 6 heteroatoms. The summed E-state index contributed by atoms with van der Waals surface area (Å²) in [5.41, 5.74) is 3.27. The quantitative estimate of drug-likeness (QED) is 0.503. The molecule has 0 unspecified atom stereocenters. The number of nitrogens with zero attached hydrogens (tertiary/aromatic N) is 1. The van der Waals surface area contributed by atoms with Crippen molar-refractivity contribution < 1.29 is 4.39 Å². The monoisotopic (exact) mass is 432 g/mol. The van der Waals surface area contributed by atoms with Crippen LogP contribution in [0.25, 0.3) is 0 Å². The summed E-state index contributed by atoms with van der Waals surface area (Å²) in [6.07, 6.45) is 0. The van der Waals surface area contributed by atoms with Crippen LogP contribution in [0, 0.1) is 5.82 Å². The average molecular weight is 433 g/mol. The maximum Gasteiger partial charge on any atom is 0.158 e. The van der Waals surface area contributed by atoms with Crippen molar-refractivity contribution in [2.24, 2.45) is 4.99 Å². The summed E-state index contributed by atoms with van der Waals surface area (Å²) in [7, 11) is 0. The van der Waals surface area contributed by atoms with E-state index in [-0.39, 0.29) is 30.3 Å². The number of halogens is 3. The van der Waals surface area contributed by atoms with E-state index in [1.807, 2.05) is 36.4 Å². The Morgan fingerprint density at radius 2 is 1.57 bits per heavy atom. The Balaban J connectivity index is 0.00000225. The molecular weight excluding hydrogens is 414 g/mol. The molecular formula is C22H19Cl2FN2S. The molecule has 0 spiro atoms. The summed E-state index contributed by atoms with van der Waals surface area (Å²) in [6.45, 7) is 0. The van der Waals surface area contributed by atoms with Gasteiger partial charge in [0.1, 0.15) is 11.9 Å². The molecule has 0 saturated carbocycles.